The maximum Gasteiger partial charge on any atom is 0.123 e. The molecule has 0 bridgehead atoms. The van der Waals surface area contributed by atoms with Crippen molar-refractivity contribution >= 4 is 0 Å². The molecule has 2 aromatic rings. The predicted octanol–water partition coefficient (Wildman–Crippen LogP) is 3.86. The Balaban J connectivity index is 2.02. The highest BCUT2D eigenvalue weighted by atomic mass is 16.5. The molecule has 0 saturated carbocycles. The maximum absolute atomic E-state index is 5.47. The van der Waals surface area contributed by atoms with Crippen LogP contribution in [-0.4, -0.2) is 14.2 Å². The number of nitrogens with one attached hydrogen (secondary N) is 1. The molecule has 2 aromatic carbocycles. The predicted molar refractivity (Wildman–Crippen MR) is 86.0 cm³/mol. The van der Waals surface area contributed by atoms with Crippen LogP contribution in [0.15, 0.2) is 42.5 Å². The summed E-state index contributed by atoms with van der Waals surface area (Å²) in [5.74, 6) is 1.82. The summed E-state index contributed by atoms with van der Waals surface area (Å²) in [4.78, 5) is 0. The quantitative estimate of drug-likeness (QED) is 0.874. The van der Waals surface area contributed by atoms with Crippen molar-refractivity contribution in [2.24, 2.45) is 0 Å². The number of rotatable bonds is 6. The minimum atomic E-state index is 0.225. The van der Waals surface area contributed by atoms with E-state index < -0.39 is 0 Å². The van der Waals surface area contributed by atoms with Crippen LogP contribution < -0.4 is 14.8 Å². The zero-order valence-corrected chi connectivity index (χ0v) is 13.1. The lowest BCUT2D eigenvalue weighted by molar-refractivity contribution is 0.401. The first-order chi connectivity index (χ1) is 10.1. The summed E-state index contributed by atoms with van der Waals surface area (Å²) >= 11 is 0. The molecule has 1 atom stereocenters. The number of methoxy groups -OCH3 is 2. The second kappa shape index (κ2) is 7.14. The number of aryl methyl sites for hydroxylation is 1. The van der Waals surface area contributed by atoms with Gasteiger partial charge in [-0.15, -0.1) is 0 Å². The fourth-order valence-corrected chi connectivity index (χ4v) is 2.30. The van der Waals surface area contributed by atoms with E-state index in [0.29, 0.717) is 0 Å². The molecule has 0 aliphatic heterocycles. The van der Waals surface area contributed by atoms with Gasteiger partial charge in [0.1, 0.15) is 11.5 Å². The van der Waals surface area contributed by atoms with Crippen LogP contribution in [0.5, 0.6) is 11.5 Å². The first-order valence-corrected chi connectivity index (χ1v) is 7.15. The largest absolute Gasteiger partial charge is 0.497 e. The third-order valence-corrected chi connectivity index (χ3v) is 3.63. The summed E-state index contributed by atoms with van der Waals surface area (Å²) in [7, 11) is 3.40. The van der Waals surface area contributed by atoms with Gasteiger partial charge in [0, 0.05) is 18.2 Å². The van der Waals surface area contributed by atoms with Gasteiger partial charge >= 0.3 is 0 Å². The standard InChI is InChI=1S/C18H23NO2/c1-13-5-10-17(18(11-13)21-4)14(2)19-12-15-6-8-16(20-3)9-7-15/h5-11,14,19H,12H2,1-4H3. The molecule has 0 fully saturated rings. The van der Waals surface area contributed by atoms with E-state index in [4.69, 9.17) is 9.47 Å². The molecule has 1 unspecified atom stereocenters. The van der Waals surface area contributed by atoms with Crippen LogP contribution in [-0.2, 0) is 6.54 Å². The van der Waals surface area contributed by atoms with Crippen LogP contribution >= 0.6 is 0 Å². The van der Waals surface area contributed by atoms with E-state index in [1.54, 1.807) is 14.2 Å². The van der Waals surface area contributed by atoms with Crippen LogP contribution in [0.2, 0.25) is 0 Å². The summed E-state index contributed by atoms with van der Waals surface area (Å²) in [5.41, 5.74) is 3.61. The van der Waals surface area contributed by atoms with Crippen LogP contribution in [0.4, 0.5) is 0 Å². The highest BCUT2D eigenvalue weighted by molar-refractivity contribution is 5.39. The van der Waals surface area contributed by atoms with Gasteiger partial charge in [-0.2, -0.15) is 0 Å². The Hall–Kier alpha value is -2.00. The maximum atomic E-state index is 5.47. The molecule has 2 rings (SSSR count). The van der Waals surface area contributed by atoms with Gasteiger partial charge in [-0.25, -0.2) is 0 Å². The molecule has 21 heavy (non-hydrogen) atoms. The van der Waals surface area contributed by atoms with Gasteiger partial charge < -0.3 is 14.8 Å². The lowest BCUT2D eigenvalue weighted by Crippen LogP contribution is -2.18. The molecule has 0 amide bonds. The summed E-state index contributed by atoms with van der Waals surface area (Å²) in [6, 6.07) is 14.6. The van der Waals surface area contributed by atoms with Crippen molar-refractivity contribution in [3.63, 3.8) is 0 Å². The van der Waals surface area contributed by atoms with E-state index in [0.717, 1.165) is 18.0 Å². The first kappa shape index (κ1) is 15.4. The molecule has 3 nitrogen and oxygen atoms in total. The fraction of sp³-hybridized carbons (Fsp3) is 0.333. The third-order valence-electron chi connectivity index (χ3n) is 3.63. The van der Waals surface area contributed by atoms with Crippen LogP contribution in [0.25, 0.3) is 0 Å². The average Bonchev–Trinajstić information content (AvgIpc) is 2.52. The van der Waals surface area contributed by atoms with Crippen molar-refractivity contribution < 1.29 is 9.47 Å². The minimum Gasteiger partial charge on any atom is -0.497 e. The molecule has 0 saturated heterocycles. The number of hydrogen-bond acceptors (Lipinski definition) is 3. The van der Waals surface area contributed by atoms with Crippen molar-refractivity contribution in [3.05, 3.63) is 59.2 Å². The highest BCUT2D eigenvalue weighted by Crippen LogP contribution is 2.26. The summed E-state index contributed by atoms with van der Waals surface area (Å²) < 4.78 is 10.6. The van der Waals surface area contributed by atoms with Crippen molar-refractivity contribution in [3.8, 4) is 11.5 Å². The molecule has 3 heteroatoms. The Bertz CT molecular complexity index is 578. The van der Waals surface area contributed by atoms with E-state index in [1.165, 1.54) is 16.7 Å². The Kier molecular flexibility index (Phi) is 5.23. The first-order valence-electron chi connectivity index (χ1n) is 7.15. The summed E-state index contributed by atoms with van der Waals surface area (Å²) in [6.07, 6.45) is 0. The van der Waals surface area contributed by atoms with Gasteiger partial charge in [-0.05, 0) is 43.2 Å². The normalized spacial score (nSPS) is 12.0. The second-order valence-electron chi connectivity index (χ2n) is 5.20. The fourth-order valence-electron chi connectivity index (χ4n) is 2.30. The molecule has 0 aromatic heterocycles. The topological polar surface area (TPSA) is 30.5 Å². The van der Waals surface area contributed by atoms with Crippen LogP contribution in [0, 0.1) is 6.92 Å². The Morgan fingerprint density at radius 3 is 2.33 bits per heavy atom. The van der Waals surface area contributed by atoms with Crippen molar-refractivity contribution in [2.75, 3.05) is 14.2 Å². The Morgan fingerprint density at radius 2 is 1.71 bits per heavy atom. The van der Waals surface area contributed by atoms with Crippen molar-refractivity contribution in [1.82, 2.24) is 5.32 Å². The molecule has 0 spiro atoms. The second-order valence-corrected chi connectivity index (χ2v) is 5.20. The number of benzene rings is 2. The van der Waals surface area contributed by atoms with E-state index >= 15 is 0 Å². The molecule has 1 N–H and O–H groups in total. The van der Waals surface area contributed by atoms with Gasteiger partial charge in [-0.3, -0.25) is 0 Å². The van der Waals surface area contributed by atoms with Crippen LogP contribution in [0.1, 0.15) is 29.7 Å². The van der Waals surface area contributed by atoms with E-state index in [1.807, 2.05) is 12.1 Å². The zero-order valence-electron chi connectivity index (χ0n) is 13.1. The number of ether oxygens (including phenoxy) is 2. The van der Waals surface area contributed by atoms with E-state index in [9.17, 15) is 0 Å². The summed E-state index contributed by atoms with van der Waals surface area (Å²) in [5, 5.41) is 3.53. The van der Waals surface area contributed by atoms with Gasteiger partial charge in [0.2, 0.25) is 0 Å². The van der Waals surface area contributed by atoms with E-state index in [-0.39, 0.29) is 6.04 Å². The highest BCUT2D eigenvalue weighted by Gasteiger charge is 2.11. The Morgan fingerprint density at radius 1 is 1.00 bits per heavy atom. The monoisotopic (exact) mass is 285 g/mol. The van der Waals surface area contributed by atoms with Crippen molar-refractivity contribution in [1.29, 1.82) is 0 Å². The molecule has 112 valence electrons. The van der Waals surface area contributed by atoms with Gasteiger partial charge in [-0.1, -0.05) is 24.3 Å². The molecule has 0 heterocycles. The smallest absolute Gasteiger partial charge is 0.123 e. The SMILES string of the molecule is COc1ccc(CNC(C)c2ccc(C)cc2OC)cc1. The molecular weight excluding hydrogens is 262 g/mol. The third kappa shape index (κ3) is 3.99. The van der Waals surface area contributed by atoms with Crippen molar-refractivity contribution in [2.45, 2.75) is 26.4 Å². The Labute approximate surface area is 126 Å². The molecule has 0 aliphatic rings. The molecular formula is C18H23NO2. The van der Waals surface area contributed by atoms with Gasteiger partial charge in [0.15, 0.2) is 0 Å². The molecule has 0 radical (unpaired) electrons. The number of hydrogen-bond donors (Lipinski definition) is 1. The zero-order chi connectivity index (χ0) is 15.2. The van der Waals surface area contributed by atoms with E-state index in [2.05, 4.69) is 49.5 Å². The summed E-state index contributed by atoms with van der Waals surface area (Å²) in [6.45, 7) is 5.03. The molecule has 0 aliphatic carbocycles. The van der Waals surface area contributed by atoms with Gasteiger partial charge in [0.25, 0.3) is 0 Å². The van der Waals surface area contributed by atoms with Gasteiger partial charge in [0.05, 0.1) is 14.2 Å². The average molecular weight is 285 g/mol. The van der Waals surface area contributed by atoms with Crippen LogP contribution in [0.3, 0.4) is 0 Å². The lowest BCUT2D eigenvalue weighted by atomic mass is 10.0. The lowest BCUT2D eigenvalue weighted by Gasteiger charge is -2.18. The minimum absolute atomic E-state index is 0.225.